The van der Waals surface area contributed by atoms with Gasteiger partial charge >= 0.3 is 12.3 Å². The molecule has 11 heavy (non-hydrogen) atoms. The number of carbonyl (C=O) groups is 1. The fourth-order valence-corrected chi connectivity index (χ4v) is 0.489. The summed E-state index contributed by atoms with van der Waals surface area (Å²) >= 11 is 0. The largest absolute Gasteiger partial charge is 0.453 e. The molecule has 0 heterocycles. The SMILES string of the molecule is COC(=O)N(C)CC(F)(F)F. The molecule has 0 N–H and O–H groups in total. The number of methoxy groups -OCH3 is 1. The van der Waals surface area contributed by atoms with Crippen LogP contribution in [0.25, 0.3) is 0 Å². The third kappa shape index (κ3) is 4.46. The molecule has 0 unspecified atom stereocenters. The van der Waals surface area contributed by atoms with Gasteiger partial charge in [0.2, 0.25) is 0 Å². The lowest BCUT2D eigenvalue weighted by molar-refractivity contribution is -0.139. The predicted molar refractivity (Wildman–Crippen MR) is 31.1 cm³/mol. The molecule has 0 rings (SSSR count). The molecule has 0 spiro atoms. The average molecular weight is 171 g/mol. The van der Waals surface area contributed by atoms with Gasteiger partial charge in [0.05, 0.1) is 7.11 Å². The molecule has 0 bridgehead atoms. The number of carbonyl (C=O) groups excluding carboxylic acids is 1. The van der Waals surface area contributed by atoms with Crippen LogP contribution in [0.3, 0.4) is 0 Å². The van der Waals surface area contributed by atoms with Crippen LogP contribution >= 0.6 is 0 Å². The standard InChI is InChI=1S/C5H8F3NO2/c1-9(4(10)11-2)3-5(6,7)8/h3H2,1-2H3. The maximum Gasteiger partial charge on any atom is 0.409 e. The number of hydrogen-bond donors (Lipinski definition) is 0. The van der Waals surface area contributed by atoms with E-state index < -0.39 is 18.8 Å². The van der Waals surface area contributed by atoms with Gasteiger partial charge in [0, 0.05) is 7.05 Å². The van der Waals surface area contributed by atoms with Crippen LogP contribution in [-0.4, -0.2) is 37.9 Å². The summed E-state index contributed by atoms with van der Waals surface area (Å²) in [6.45, 7) is -1.29. The molecular weight excluding hydrogens is 163 g/mol. The van der Waals surface area contributed by atoms with Crippen LogP contribution in [0.2, 0.25) is 0 Å². The smallest absolute Gasteiger partial charge is 0.409 e. The second kappa shape index (κ2) is 3.45. The fraction of sp³-hybridized carbons (Fsp3) is 0.800. The monoisotopic (exact) mass is 171 g/mol. The van der Waals surface area contributed by atoms with Crippen LogP contribution in [-0.2, 0) is 4.74 Å². The molecule has 0 atom stereocenters. The van der Waals surface area contributed by atoms with Crippen molar-refractivity contribution in [2.75, 3.05) is 20.7 Å². The van der Waals surface area contributed by atoms with Crippen molar-refractivity contribution in [2.45, 2.75) is 6.18 Å². The summed E-state index contributed by atoms with van der Waals surface area (Å²) in [5, 5.41) is 0. The van der Waals surface area contributed by atoms with Crippen molar-refractivity contribution in [3.8, 4) is 0 Å². The summed E-state index contributed by atoms with van der Waals surface area (Å²) in [7, 11) is 2.04. The molecular formula is C5H8F3NO2. The molecule has 0 fully saturated rings. The van der Waals surface area contributed by atoms with Crippen LogP contribution in [0.4, 0.5) is 18.0 Å². The van der Waals surface area contributed by atoms with E-state index >= 15 is 0 Å². The molecule has 66 valence electrons. The molecule has 3 nitrogen and oxygen atoms in total. The lowest BCUT2D eigenvalue weighted by atomic mass is 10.6. The van der Waals surface area contributed by atoms with E-state index in [0.29, 0.717) is 4.90 Å². The Morgan fingerprint density at radius 2 is 2.00 bits per heavy atom. The number of alkyl halides is 3. The molecule has 6 heteroatoms. The van der Waals surface area contributed by atoms with E-state index in [0.717, 1.165) is 14.2 Å². The normalized spacial score (nSPS) is 11.0. The van der Waals surface area contributed by atoms with Crippen LogP contribution in [0.1, 0.15) is 0 Å². The van der Waals surface area contributed by atoms with Crippen LogP contribution in [0, 0.1) is 0 Å². The van der Waals surface area contributed by atoms with E-state index in [1.807, 2.05) is 0 Å². The van der Waals surface area contributed by atoms with Crippen molar-refractivity contribution < 1.29 is 22.7 Å². The second-order valence-electron chi connectivity index (χ2n) is 1.94. The predicted octanol–water partition coefficient (Wildman–Crippen LogP) is 1.25. The molecule has 1 amide bonds. The minimum atomic E-state index is -4.37. The summed E-state index contributed by atoms with van der Waals surface area (Å²) < 4.78 is 38.7. The highest BCUT2D eigenvalue weighted by Gasteiger charge is 2.31. The molecule has 0 saturated heterocycles. The highest BCUT2D eigenvalue weighted by molar-refractivity contribution is 5.66. The maximum absolute atomic E-state index is 11.6. The zero-order valence-corrected chi connectivity index (χ0v) is 6.10. The molecule has 0 radical (unpaired) electrons. The third-order valence-electron chi connectivity index (χ3n) is 0.903. The number of rotatable bonds is 1. The Labute approximate surface area is 61.7 Å². The minimum absolute atomic E-state index is 0.444. The third-order valence-corrected chi connectivity index (χ3v) is 0.903. The lowest BCUT2D eigenvalue weighted by Crippen LogP contribution is -2.35. The second-order valence-corrected chi connectivity index (χ2v) is 1.94. The molecule has 0 aromatic carbocycles. The van der Waals surface area contributed by atoms with Gasteiger partial charge in [0.1, 0.15) is 6.54 Å². The van der Waals surface area contributed by atoms with Gasteiger partial charge in [0.25, 0.3) is 0 Å². The molecule has 0 aromatic rings. The van der Waals surface area contributed by atoms with Gasteiger partial charge in [-0.1, -0.05) is 0 Å². The van der Waals surface area contributed by atoms with Gasteiger partial charge in [-0.05, 0) is 0 Å². The number of nitrogens with zero attached hydrogens (tertiary/aromatic N) is 1. The van der Waals surface area contributed by atoms with Gasteiger partial charge in [-0.3, -0.25) is 0 Å². The van der Waals surface area contributed by atoms with Crippen molar-refractivity contribution in [3.05, 3.63) is 0 Å². The Kier molecular flexibility index (Phi) is 3.16. The summed E-state index contributed by atoms with van der Waals surface area (Å²) in [5.41, 5.74) is 0. The van der Waals surface area contributed by atoms with Crippen molar-refractivity contribution in [1.82, 2.24) is 4.90 Å². The first-order chi connectivity index (χ1) is 4.87. The first-order valence-corrected chi connectivity index (χ1v) is 2.72. The van der Waals surface area contributed by atoms with Crippen molar-refractivity contribution in [2.24, 2.45) is 0 Å². The number of halogens is 3. The first kappa shape index (κ1) is 10.1. The topological polar surface area (TPSA) is 29.5 Å². The first-order valence-electron chi connectivity index (χ1n) is 2.72. The van der Waals surface area contributed by atoms with Gasteiger partial charge < -0.3 is 9.64 Å². The Bertz CT molecular complexity index is 145. The maximum atomic E-state index is 11.6. The minimum Gasteiger partial charge on any atom is -0.453 e. The van der Waals surface area contributed by atoms with Crippen LogP contribution < -0.4 is 0 Å². The molecule has 0 aliphatic heterocycles. The fourth-order valence-electron chi connectivity index (χ4n) is 0.489. The van der Waals surface area contributed by atoms with Crippen molar-refractivity contribution >= 4 is 6.09 Å². The van der Waals surface area contributed by atoms with Crippen molar-refractivity contribution in [1.29, 1.82) is 0 Å². The highest BCUT2D eigenvalue weighted by atomic mass is 19.4. The summed E-state index contributed by atoms with van der Waals surface area (Å²) in [5.74, 6) is 0. The zero-order valence-electron chi connectivity index (χ0n) is 6.10. The number of hydrogen-bond acceptors (Lipinski definition) is 2. The number of amides is 1. The average Bonchev–Trinajstić information content (AvgIpc) is 1.82. The Morgan fingerprint density at radius 1 is 1.55 bits per heavy atom. The van der Waals surface area contributed by atoms with Crippen LogP contribution in [0.15, 0.2) is 0 Å². The highest BCUT2D eigenvalue weighted by Crippen LogP contribution is 2.15. The zero-order chi connectivity index (χ0) is 9.07. The molecule has 0 aliphatic rings. The number of ether oxygens (including phenoxy) is 1. The van der Waals surface area contributed by atoms with E-state index in [-0.39, 0.29) is 0 Å². The summed E-state index contributed by atoms with van der Waals surface area (Å²) in [4.78, 5) is 10.8. The van der Waals surface area contributed by atoms with E-state index in [1.54, 1.807) is 0 Å². The van der Waals surface area contributed by atoms with E-state index in [9.17, 15) is 18.0 Å². The Morgan fingerprint density at radius 3 is 2.27 bits per heavy atom. The van der Waals surface area contributed by atoms with E-state index in [4.69, 9.17) is 0 Å². The van der Waals surface area contributed by atoms with Crippen LogP contribution in [0.5, 0.6) is 0 Å². The van der Waals surface area contributed by atoms with E-state index in [1.165, 1.54) is 0 Å². The Balaban J connectivity index is 3.87. The van der Waals surface area contributed by atoms with Gasteiger partial charge in [-0.15, -0.1) is 0 Å². The quantitative estimate of drug-likeness (QED) is 0.594. The summed E-state index contributed by atoms with van der Waals surface area (Å²) in [6.07, 6.45) is -5.37. The molecule has 0 aromatic heterocycles. The Hall–Kier alpha value is -0.940. The van der Waals surface area contributed by atoms with Crippen molar-refractivity contribution in [3.63, 3.8) is 0 Å². The molecule has 0 saturated carbocycles. The molecule has 0 aliphatic carbocycles. The van der Waals surface area contributed by atoms with Gasteiger partial charge in [0.15, 0.2) is 0 Å². The van der Waals surface area contributed by atoms with E-state index in [2.05, 4.69) is 4.74 Å². The van der Waals surface area contributed by atoms with Gasteiger partial charge in [-0.2, -0.15) is 13.2 Å². The van der Waals surface area contributed by atoms with Gasteiger partial charge in [-0.25, -0.2) is 4.79 Å². The summed E-state index contributed by atoms with van der Waals surface area (Å²) in [6, 6.07) is 0. The lowest BCUT2D eigenvalue weighted by Gasteiger charge is -2.16.